The van der Waals surface area contributed by atoms with Crippen LogP contribution >= 0.6 is 0 Å². The standard InChI is InChI=1S/C30H58O2/c1-6-11-12-22-32-30-15-13-14-29(31)23-27(9-4)20-18-25(7-2)16-17-26(8-3)19-21-28(10-5)24-30/h25-28,30H,6-24H2,1-5H3. The molecule has 1 aliphatic rings. The zero-order chi connectivity index (χ0) is 23.6. The molecule has 5 atom stereocenters. The summed E-state index contributed by atoms with van der Waals surface area (Å²) < 4.78 is 6.39. The summed E-state index contributed by atoms with van der Waals surface area (Å²) in [5.41, 5.74) is 0. The molecule has 0 spiro atoms. The Morgan fingerprint density at radius 3 is 1.75 bits per heavy atom. The zero-order valence-corrected chi connectivity index (χ0v) is 22.6. The van der Waals surface area contributed by atoms with E-state index in [0.29, 0.717) is 17.8 Å². The SMILES string of the molecule is CCCCCOC1CCCC(=O)CC(CC)CCC(CC)CCC(CC)CCC(CC)C1. The van der Waals surface area contributed by atoms with Gasteiger partial charge in [0, 0.05) is 19.4 Å². The van der Waals surface area contributed by atoms with E-state index in [0.717, 1.165) is 56.5 Å². The van der Waals surface area contributed by atoms with Gasteiger partial charge in [0.25, 0.3) is 0 Å². The third-order valence-corrected chi connectivity index (χ3v) is 8.45. The predicted octanol–water partition coefficient (Wildman–Crippen LogP) is 9.54. The topological polar surface area (TPSA) is 26.3 Å². The van der Waals surface area contributed by atoms with Gasteiger partial charge >= 0.3 is 0 Å². The first-order valence-electron chi connectivity index (χ1n) is 14.7. The summed E-state index contributed by atoms with van der Waals surface area (Å²) in [5, 5.41) is 0. The van der Waals surface area contributed by atoms with Crippen LogP contribution < -0.4 is 0 Å². The van der Waals surface area contributed by atoms with Crippen LogP contribution in [0.3, 0.4) is 0 Å². The lowest BCUT2D eigenvalue weighted by molar-refractivity contribution is -0.120. The minimum atomic E-state index is 0.354. The summed E-state index contributed by atoms with van der Waals surface area (Å²) in [7, 11) is 0. The molecule has 0 aromatic carbocycles. The Morgan fingerprint density at radius 2 is 1.22 bits per heavy atom. The van der Waals surface area contributed by atoms with E-state index < -0.39 is 0 Å². The molecule has 0 heterocycles. The highest BCUT2D eigenvalue weighted by atomic mass is 16.5. The molecule has 0 aliphatic heterocycles. The van der Waals surface area contributed by atoms with Gasteiger partial charge in [-0.3, -0.25) is 4.79 Å². The van der Waals surface area contributed by atoms with Gasteiger partial charge in [-0.25, -0.2) is 0 Å². The summed E-state index contributed by atoms with van der Waals surface area (Å²) in [4.78, 5) is 12.7. The van der Waals surface area contributed by atoms with Crippen molar-refractivity contribution in [2.75, 3.05) is 6.61 Å². The van der Waals surface area contributed by atoms with Crippen molar-refractivity contribution in [2.45, 2.75) is 156 Å². The predicted molar refractivity (Wildman–Crippen MR) is 140 cm³/mol. The molecule has 0 amide bonds. The average Bonchev–Trinajstić information content (AvgIpc) is 2.80. The summed E-state index contributed by atoms with van der Waals surface area (Å²) in [5.74, 6) is 3.61. The number of ether oxygens (including phenoxy) is 1. The summed E-state index contributed by atoms with van der Waals surface area (Å²) in [6.45, 7) is 12.6. The normalized spacial score (nSPS) is 30.2. The van der Waals surface area contributed by atoms with E-state index in [2.05, 4.69) is 34.6 Å². The van der Waals surface area contributed by atoms with Crippen LogP contribution in [0.5, 0.6) is 0 Å². The maximum Gasteiger partial charge on any atom is 0.133 e. The van der Waals surface area contributed by atoms with Crippen molar-refractivity contribution >= 4 is 5.78 Å². The smallest absolute Gasteiger partial charge is 0.133 e. The van der Waals surface area contributed by atoms with Crippen molar-refractivity contribution in [2.24, 2.45) is 23.7 Å². The van der Waals surface area contributed by atoms with Crippen LogP contribution in [0.25, 0.3) is 0 Å². The van der Waals surface area contributed by atoms with E-state index in [-0.39, 0.29) is 0 Å². The van der Waals surface area contributed by atoms with E-state index >= 15 is 0 Å². The van der Waals surface area contributed by atoms with E-state index in [1.807, 2.05) is 0 Å². The van der Waals surface area contributed by atoms with Crippen molar-refractivity contribution in [3.8, 4) is 0 Å². The lowest BCUT2D eigenvalue weighted by Gasteiger charge is -2.25. The Hall–Kier alpha value is -0.370. The van der Waals surface area contributed by atoms with Crippen molar-refractivity contribution in [1.29, 1.82) is 0 Å². The van der Waals surface area contributed by atoms with Gasteiger partial charge in [0.2, 0.25) is 0 Å². The Morgan fingerprint density at radius 1 is 0.688 bits per heavy atom. The summed E-state index contributed by atoms with van der Waals surface area (Å²) >= 11 is 0. The number of unbranched alkanes of at least 4 members (excludes halogenated alkanes) is 2. The second-order valence-electron chi connectivity index (χ2n) is 10.9. The van der Waals surface area contributed by atoms with Crippen LogP contribution in [0.15, 0.2) is 0 Å². The Balaban J connectivity index is 2.80. The van der Waals surface area contributed by atoms with Crippen molar-refractivity contribution < 1.29 is 9.53 Å². The zero-order valence-electron chi connectivity index (χ0n) is 22.6. The van der Waals surface area contributed by atoms with Gasteiger partial charge in [0.1, 0.15) is 5.78 Å². The third kappa shape index (κ3) is 13.4. The van der Waals surface area contributed by atoms with Gasteiger partial charge in [-0.05, 0) is 55.8 Å². The quantitative estimate of drug-likeness (QED) is 0.327. The number of carbonyl (C=O) groups excluding carboxylic acids is 1. The average molecular weight is 451 g/mol. The van der Waals surface area contributed by atoms with Crippen molar-refractivity contribution in [1.82, 2.24) is 0 Å². The van der Waals surface area contributed by atoms with Crippen LogP contribution in [0.1, 0.15) is 150 Å². The molecule has 190 valence electrons. The number of rotatable bonds is 9. The second kappa shape index (κ2) is 19.0. The highest BCUT2D eigenvalue weighted by Crippen LogP contribution is 2.31. The van der Waals surface area contributed by atoms with Gasteiger partial charge < -0.3 is 4.74 Å². The number of ketones is 1. The highest BCUT2D eigenvalue weighted by molar-refractivity contribution is 5.78. The molecule has 0 radical (unpaired) electrons. The van der Waals surface area contributed by atoms with E-state index in [1.165, 1.54) is 83.5 Å². The van der Waals surface area contributed by atoms with Gasteiger partial charge in [-0.1, -0.05) is 105 Å². The van der Waals surface area contributed by atoms with Crippen molar-refractivity contribution in [3.05, 3.63) is 0 Å². The Kier molecular flexibility index (Phi) is 17.6. The molecule has 0 aromatic heterocycles. The van der Waals surface area contributed by atoms with E-state index in [1.54, 1.807) is 0 Å². The first-order chi connectivity index (χ1) is 15.6. The number of hydrogen-bond donors (Lipinski definition) is 0. The van der Waals surface area contributed by atoms with Gasteiger partial charge in [-0.2, -0.15) is 0 Å². The fourth-order valence-electron chi connectivity index (χ4n) is 5.65. The Bertz CT molecular complexity index is 446. The molecule has 1 aliphatic carbocycles. The van der Waals surface area contributed by atoms with E-state index in [9.17, 15) is 4.79 Å². The highest BCUT2D eigenvalue weighted by Gasteiger charge is 2.21. The molecule has 5 unspecified atom stereocenters. The fraction of sp³-hybridized carbons (Fsp3) is 0.967. The van der Waals surface area contributed by atoms with Crippen molar-refractivity contribution in [3.63, 3.8) is 0 Å². The van der Waals surface area contributed by atoms with Gasteiger partial charge in [-0.15, -0.1) is 0 Å². The monoisotopic (exact) mass is 450 g/mol. The summed E-state index contributed by atoms with van der Waals surface area (Å²) in [6, 6.07) is 0. The van der Waals surface area contributed by atoms with Crippen LogP contribution in [0.2, 0.25) is 0 Å². The largest absolute Gasteiger partial charge is 0.378 e. The molecule has 32 heavy (non-hydrogen) atoms. The lowest BCUT2D eigenvalue weighted by Crippen LogP contribution is -2.20. The molecular weight excluding hydrogens is 392 g/mol. The molecule has 2 nitrogen and oxygen atoms in total. The minimum absolute atomic E-state index is 0.354. The molecule has 0 bridgehead atoms. The van der Waals surface area contributed by atoms with Gasteiger partial charge in [0.15, 0.2) is 0 Å². The number of carbonyl (C=O) groups is 1. The third-order valence-electron chi connectivity index (χ3n) is 8.45. The molecule has 1 saturated carbocycles. The minimum Gasteiger partial charge on any atom is -0.378 e. The molecule has 1 rings (SSSR count). The molecule has 0 saturated heterocycles. The Labute approximate surface area is 202 Å². The maximum absolute atomic E-state index is 12.7. The number of hydrogen-bond acceptors (Lipinski definition) is 2. The second-order valence-corrected chi connectivity index (χ2v) is 10.9. The molecule has 1 fully saturated rings. The molecule has 0 aromatic rings. The summed E-state index contributed by atoms with van der Waals surface area (Å²) in [6.07, 6.45) is 22.1. The molecule has 0 N–H and O–H groups in total. The molecule has 2 heteroatoms. The van der Waals surface area contributed by atoms with Crippen LogP contribution in [0, 0.1) is 23.7 Å². The van der Waals surface area contributed by atoms with Gasteiger partial charge in [0.05, 0.1) is 6.10 Å². The number of Topliss-reactive ketones (excluding diaryl/α,β-unsaturated/α-hetero) is 1. The van der Waals surface area contributed by atoms with Crippen LogP contribution in [-0.4, -0.2) is 18.5 Å². The fourth-order valence-corrected chi connectivity index (χ4v) is 5.65. The lowest BCUT2D eigenvalue weighted by atomic mass is 9.83. The van der Waals surface area contributed by atoms with Crippen LogP contribution in [-0.2, 0) is 9.53 Å². The first-order valence-corrected chi connectivity index (χ1v) is 14.7. The molecular formula is C30H58O2. The maximum atomic E-state index is 12.7. The van der Waals surface area contributed by atoms with Crippen LogP contribution in [0.4, 0.5) is 0 Å². The first kappa shape index (κ1) is 29.7. The van der Waals surface area contributed by atoms with E-state index in [4.69, 9.17) is 4.74 Å².